The Labute approximate surface area is 146 Å². The van der Waals surface area contributed by atoms with Crippen molar-refractivity contribution in [3.05, 3.63) is 23.8 Å². The summed E-state index contributed by atoms with van der Waals surface area (Å²) in [7, 11) is 0. The van der Waals surface area contributed by atoms with E-state index in [4.69, 9.17) is 19.3 Å². The lowest BCUT2D eigenvalue weighted by molar-refractivity contribution is -0.139. The predicted octanol–water partition coefficient (Wildman–Crippen LogP) is 1.94. The lowest BCUT2D eigenvalue weighted by Gasteiger charge is -2.37. The quantitative estimate of drug-likeness (QED) is 0.845. The predicted molar refractivity (Wildman–Crippen MR) is 89.2 cm³/mol. The summed E-state index contributed by atoms with van der Waals surface area (Å²) >= 11 is 0. The molecule has 1 aliphatic heterocycles. The molecule has 3 rings (SSSR count). The molecule has 136 valence electrons. The van der Waals surface area contributed by atoms with Crippen molar-refractivity contribution >= 4 is 11.9 Å². The average Bonchev–Trinajstić information content (AvgIpc) is 3.09. The van der Waals surface area contributed by atoms with E-state index in [0.717, 1.165) is 19.3 Å². The fourth-order valence-corrected chi connectivity index (χ4v) is 3.51. The molecule has 2 fully saturated rings. The second-order valence-corrected chi connectivity index (χ2v) is 6.18. The Hall–Kier alpha value is -2.28. The summed E-state index contributed by atoms with van der Waals surface area (Å²) in [4.78, 5) is 25.5. The van der Waals surface area contributed by atoms with Crippen LogP contribution < -0.4 is 9.47 Å². The van der Waals surface area contributed by atoms with Crippen molar-refractivity contribution in [3.8, 4) is 11.5 Å². The van der Waals surface area contributed by atoms with Gasteiger partial charge in [-0.15, -0.1) is 0 Å². The molecule has 0 spiro atoms. The topological polar surface area (TPSA) is 85.3 Å². The van der Waals surface area contributed by atoms with Gasteiger partial charge in [0.1, 0.15) is 0 Å². The van der Waals surface area contributed by atoms with Crippen molar-refractivity contribution in [2.75, 3.05) is 26.4 Å². The summed E-state index contributed by atoms with van der Waals surface area (Å²) in [5, 5.41) is 8.76. The van der Waals surface area contributed by atoms with Crippen LogP contribution in [0.15, 0.2) is 18.2 Å². The van der Waals surface area contributed by atoms with E-state index in [1.807, 2.05) is 11.8 Å². The number of carboxylic acid groups (broad SMARTS) is 1. The number of carbonyl (C=O) groups is 2. The summed E-state index contributed by atoms with van der Waals surface area (Å²) in [6.45, 7) is 2.90. The van der Waals surface area contributed by atoms with E-state index >= 15 is 0 Å². The third-order valence-electron chi connectivity index (χ3n) is 4.58. The number of benzene rings is 1. The van der Waals surface area contributed by atoms with E-state index in [-0.39, 0.29) is 18.1 Å². The Bertz CT molecular complexity index is 646. The molecular weight excluding hydrogens is 326 g/mol. The molecule has 1 saturated carbocycles. The van der Waals surface area contributed by atoms with E-state index in [1.165, 1.54) is 0 Å². The molecule has 1 heterocycles. The monoisotopic (exact) mass is 349 g/mol. The van der Waals surface area contributed by atoms with Crippen molar-refractivity contribution in [2.24, 2.45) is 0 Å². The zero-order valence-corrected chi connectivity index (χ0v) is 14.3. The number of amides is 1. The molecule has 0 aromatic heterocycles. The summed E-state index contributed by atoms with van der Waals surface area (Å²) in [6.07, 6.45) is 3.18. The van der Waals surface area contributed by atoms with Gasteiger partial charge in [-0.3, -0.25) is 4.79 Å². The Morgan fingerprint density at radius 1 is 1.28 bits per heavy atom. The minimum absolute atomic E-state index is 0.0501. The molecule has 1 aromatic carbocycles. The van der Waals surface area contributed by atoms with Gasteiger partial charge in [-0.05, 0) is 44.4 Å². The van der Waals surface area contributed by atoms with Crippen LogP contribution >= 0.6 is 0 Å². The number of ether oxygens (including phenoxy) is 3. The number of morpholine rings is 1. The lowest BCUT2D eigenvalue weighted by atomic mass is 10.1. The van der Waals surface area contributed by atoms with Crippen LogP contribution in [0.25, 0.3) is 0 Å². The highest BCUT2D eigenvalue weighted by atomic mass is 16.5. The van der Waals surface area contributed by atoms with E-state index in [1.54, 1.807) is 18.2 Å². The summed E-state index contributed by atoms with van der Waals surface area (Å²) in [5.41, 5.74) is 0.513. The molecule has 1 aromatic rings. The standard InChI is InChI=1S/C18H23NO6/c1-2-23-16-10-12(6-7-15(16)25-11-17(20)21)18(22)19-8-9-24-14-5-3-4-13(14)19/h6-7,10,13-14H,2-5,8-9,11H2,1H3,(H,20,21)/t13-,14+/m0/s1. The third kappa shape index (κ3) is 3.87. The third-order valence-corrected chi connectivity index (χ3v) is 4.58. The number of carbonyl (C=O) groups excluding carboxylic acids is 1. The first kappa shape index (κ1) is 17.5. The maximum atomic E-state index is 13.0. The van der Waals surface area contributed by atoms with Gasteiger partial charge in [-0.2, -0.15) is 0 Å². The molecule has 7 heteroatoms. The normalized spacial score (nSPS) is 22.4. The number of fused-ring (bicyclic) bond motifs is 1. The molecular formula is C18H23NO6. The van der Waals surface area contributed by atoms with Crippen molar-refractivity contribution in [1.82, 2.24) is 4.90 Å². The number of aliphatic carboxylic acids is 1. The first-order valence-electron chi connectivity index (χ1n) is 8.64. The molecule has 0 bridgehead atoms. The van der Waals surface area contributed by atoms with Crippen LogP contribution in [0.4, 0.5) is 0 Å². The van der Waals surface area contributed by atoms with Gasteiger partial charge in [0.2, 0.25) is 0 Å². The molecule has 25 heavy (non-hydrogen) atoms. The minimum atomic E-state index is -1.07. The second kappa shape index (κ2) is 7.74. The average molecular weight is 349 g/mol. The second-order valence-electron chi connectivity index (χ2n) is 6.18. The Morgan fingerprint density at radius 3 is 2.88 bits per heavy atom. The van der Waals surface area contributed by atoms with Crippen molar-refractivity contribution < 1.29 is 28.9 Å². The van der Waals surface area contributed by atoms with Crippen LogP contribution in [0, 0.1) is 0 Å². The molecule has 2 atom stereocenters. The minimum Gasteiger partial charge on any atom is -0.490 e. The molecule has 1 amide bonds. The molecule has 1 N–H and O–H groups in total. The number of nitrogens with zero attached hydrogens (tertiary/aromatic N) is 1. The lowest BCUT2D eigenvalue weighted by Crippen LogP contribution is -2.51. The van der Waals surface area contributed by atoms with Crippen LogP contribution in [0.5, 0.6) is 11.5 Å². The maximum absolute atomic E-state index is 13.0. The van der Waals surface area contributed by atoms with Crippen LogP contribution in [0.3, 0.4) is 0 Å². The first-order chi connectivity index (χ1) is 12.1. The Morgan fingerprint density at radius 2 is 2.12 bits per heavy atom. The van der Waals surface area contributed by atoms with E-state index in [9.17, 15) is 9.59 Å². The Balaban J connectivity index is 1.79. The SMILES string of the molecule is CCOc1cc(C(=O)N2CCO[C@@H]3CCC[C@@H]32)ccc1OCC(=O)O. The molecule has 0 radical (unpaired) electrons. The number of carboxylic acids is 1. The maximum Gasteiger partial charge on any atom is 0.341 e. The fourth-order valence-electron chi connectivity index (χ4n) is 3.51. The van der Waals surface area contributed by atoms with Crippen molar-refractivity contribution in [2.45, 2.75) is 38.3 Å². The largest absolute Gasteiger partial charge is 0.490 e. The summed E-state index contributed by atoms with van der Waals surface area (Å²) in [6, 6.07) is 5.01. The van der Waals surface area contributed by atoms with E-state index < -0.39 is 12.6 Å². The smallest absolute Gasteiger partial charge is 0.341 e. The van der Waals surface area contributed by atoms with Gasteiger partial charge in [0.05, 0.1) is 25.4 Å². The molecule has 1 saturated heterocycles. The van der Waals surface area contributed by atoms with Gasteiger partial charge in [-0.1, -0.05) is 0 Å². The summed E-state index contributed by atoms with van der Waals surface area (Å²) in [5.74, 6) is -0.415. The number of hydrogen-bond donors (Lipinski definition) is 1. The van der Waals surface area contributed by atoms with Gasteiger partial charge < -0.3 is 24.2 Å². The van der Waals surface area contributed by atoms with Crippen LogP contribution in [-0.4, -0.2) is 60.4 Å². The van der Waals surface area contributed by atoms with Gasteiger partial charge in [0, 0.05) is 12.1 Å². The van der Waals surface area contributed by atoms with E-state index in [2.05, 4.69) is 0 Å². The first-order valence-corrected chi connectivity index (χ1v) is 8.64. The molecule has 2 aliphatic rings. The van der Waals surface area contributed by atoms with Gasteiger partial charge in [0.15, 0.2) is 18.1 Å². The highest BCUT2D eigenvalue weighted by Crippen LogP contribution is 2.33. The van der Waals surface area contributed by atoms with Crippen molar-refractivity contribution in [3.63, 3.8) is 0 Å². The number of hydrogen-bond acceptors (Lipinski definition) is 5. The van der Waals surface area contributed by atoms with Crippen LogP contribution in [0.1, 0.15) is 36.5 Å². The molecule has 7 nitrogen and oxygen atoms in total. The van der Waals surface area contributed by atoms with Gasteiger partial charge >= 0.3 is 5.97 Å². The van der Waals surface area contributed by atoms with Crippen LogP contribution in [0.2, 0.25) is 0 Å². The van der Waals surface area contributed by atoms with Crippen molar-refractivity contribution in [1.29, 1.82) is 0 Å². The zero-order chi connectivity index (χ0) is 17.8. The molecule has 1 aliphatic carbocycles. The molecule has 0 unspecified atom stereocenters. The van der Waals surface area contributed by atoms with E-state index in [0.29, 0.717) is 36.8 Å². The number of rotatable bonds is 6. The van der Waals surface area contributed by atoms with Crippen LogP contribution in [-0.2, 0) is 9.53 Å². The summed E-state index contributed by atoms with van der Waals surface area (Å²) < 4.78 is 16.5. The fraction of sp³-hybridized carbons (Fsp3) is 0.556. The highest BCUT2D eigenvalue weighted by molar-refractivity contribution is 5.95. The Kier molecular flexibility index (Phi) is 5.43. The van der Waals surface area contributed by atoms with Gasteiger partial charge in [0.25, 0.3) is 5.91 Å². The zero-order valence-electron chi connectivity index (χ0n) is 14.3. The highest BCUT2D eigenvalue weighted by Gasteiger charge is 2.38. The van der Waals surface area contributed by atoms with Gasteiger partial charge in [-0.25, -0.2) is 4.79 Å².